The monoisotopic (exact) mass is 351 g/mol. The molecule has 1 aromatic heterocycles. The number of aromatic nitrogens is 1. The molecule has 1 amide bonds. The van der Waals surface area contributed by atoms with E-state index in [4.69, 9.17) is 0 Å². The highest BCUT2D eigenvalue weighted by Gasteiger charge is 2.16. The molecule has 0 spiro atoms. The summed E-state index contributed by atoms with van der Waals surface area (Å²) in [6.45, 7) is 1.82. The van der Waals surface area contributed by atoms with E-state index in [2.05, 4.69) is 31.5 Å². The molecule has 1 aliphatic rings. The fourth-order valence-electron chi connectivity index (χ4n) is 2.13. The van der Waals surface area contributed by atoms with Crippen molar-refractivity contribution in [3.8, 4) is 0 Å². The molecule has 1 aromatic carbocycles. The van der Waals surface area contributed by atoms with E-state index in [1.807, 2.05) is 24.3 Å². The summed E-state index contributed by atoms with van der Waals surface area (Å²) < 4.78 is 1.02. The fourth-order valence-corrected chi connectivity index (χ4v) is 3.39. The van der Waals surface area contributed by atoms with Crippen LogP contribution in [0, 0.1) is 0 Å². The lowest BCUT2D eigenvalue weighted by Gasteiger charge is -2.09. The van der Waals surface area contributed by atoms with Crippen molar-refractivity contribution in [2.45, 2.75) is 19.4 Å². The van der Waals surface area contributed by atoms with Gasteiger partial charge in [0.2, 0.25) is 5.91 Å². The molecular formula is C14H14BrN3OS. The van der Waals surface area contributed by atoms with Gasteiger partial charge < -0.3 is 10.6 Å². The first-order valence-electron chi connectivity index (χ1n) is 6.44. The number of anilines is 1. The Hall–Kier alpha value is -1.24. The maximum atomic E-state index is 12.0. The van der Waals surface area contributed by atoms with E-state index < -0.39 is 0 Å². The van der Waals surface area contributed by atoms with Crippen molar-refractivity contribution in [3.63, 3.8) is 0 Å². The topological polar surface area (TPSA) is 54.0 Å². The lowest BCUT2D eigenvalue weighted by molar-refractivity contribution is -0.115. The van der Waals surface area contributed by atoms with Crippen molar-refractivity contribution in [2.75, 3.05) is 11.9 Å². The Labute approximate surface area is 129 Å². The van der Waals surface area contributed by atoms with Gasteiger partial charge in [0.1, 0.15) is 0 Å². The number of fused-ring (bicyclic) bond motifs is 1. The molecule has 3 rings (SSSR count). The van der Waals surface area contributed by atoms with Gasteiger partial charge in [0.25, 0.3) is 0 Å². The quantitative estimate of drug-likeness (QED) is 0.893. The zero-order chi connectivity index (χ0) is 13.9. The van der Waals surface area contributed by atoms with E-state index in [1.54, 1.807) is 11.3 Å². The number of thiazole rings is 1. The average Bonchev–Trinajstić information content (AvgIpc) is 2.83. The number of hydrogen-bond donors (Lipinski definition) is 2. The van der Waals surface area contributed by atoms with Crippen molar-refractivity contribution in [2.24, 2.45) is 0 Å². The van der Waals surface area contributed by atoms with Crippen LogP contribution in [0.4, 0.5) is 5.13 Å². The van der Waals surface area contributed by atoms with Crippen molar-refractivity contribution in [1.29, 1.82) is 0 Å². The first-order valence-corrected chi connectivity index (χ1v) is 8.05. The van der Waals surface area contributed by atoms with Crippen LogP contribution in [-0.4, -0.2) is 17.4 Å². The van der Waals surface area contributed by atoms with Crippen LogP contribution in [0.15, 0.2) is 28.7 Å². The van der Waals surface area contributed by atoms with Gasteiger partial charge in [-0.3, -0.25) is 4.79 Å². The standard InChI is InChI=1S/C14H14BrN3OS/c15-10-3-1-9(2-4-10)7-13(19)18-14-17-11-5-6-16-8-12(11)20-14/h1-4,16H,5-8H2,(H,17,18,19). The van der Waals surface area contributed by atoms with E-state index in [0.29, 0.717) is 11.6 Å². The summed E-state index contributed by atoms with van der Waals surface area (Å²) in [5, 5.41) is 6.91. The van der Waals surface area contributed by atoms with Crippen LogP contribution in [0.1, 0.15) is 16.1 Å². The van der Waals surface area contributed by atoms with Gasteiger partial charge in [0, 0.05) is 28.9 Å². The molecule has 2 N–H and O–H groups in total. The number of benzene rings is 1. The summed E-state index contributed by atoms with van der Waals surface area (Å²) in [6, 6.07) is 7.77. The maximum absolute atomic E-state index is 12.0. The van der Waals surface area contributed by atoms with Crippen LogP contribution in [0.2, 0.25) is 0 Å². The molecule has 1 aliphatic heterocycles. The number of nitrogens with one attached hydrogen (secondary N) is 2. The summed E-state index contributed by atoms with van der Waals surface area (Å²) >= 11 is 4.95. The third-order valence-corrected chi connectivity index (χ3v) is 4.67. The normalized spacial score (nSPS) is 13.8. The number of halogens is 1. The molecule has 2 heterocycles. The Morgan fingerprint density at radius 1 is 1.40 bits per heavy atom. The first kappa shape index (κ1) is 13.7. The maximum Gasteiger partial charge on any atom is 0.230 e. The van der Waals surface area contributed by atoms with Crippen LogP contribution >= 0.6 is 27.3 Å². The van der Waals surface area contributed by atoms with Crippen LogP contribution in [0.5, 0.6) is 0 Å². The Bertz CT molecular complexity index is 600. The van der Waals surface area contributed by atoms with Gasteiger partial charge in [0.05, 0.1) is 12.1 Å². The Kier molecular flexibility index (Phi) is 4.14. The highest BCUT2D eigenvalue weighted by molar-refractivity contribution is 9.10. The molecule has 6 heteroatoms. The van der Waals surface area contributed by atoms with E-state index in [9.17, 15) is 4.79 Å². The van der Waals surface area contributed by atoms with Crippen molar-refractivity contribution in [1.82, 2.24) is 10.3 Å². The fraction of sp³-hybridized carbons (Fsp3) is 0.286. The summed E-state index contributed by atoms with van der Waals surface area (Å²) in [5.41, 5.74) is 2.11. The molecule has 104 valence electrons. The minimum Gasteiger partial charge on any atom is -0.311 e. The third kappa shape index (κ3) is 3.26. The SMILES string of the molecule is O=C(Cc1ccc(Br)cc1)Nc1nc2c(s1)CNCC2. The van der Waals surface area contributed by atoms with Crippen LogP contribution in [0.3, 0.4) is 0 Å². The van der Waals surface area contributed by atoms with Gasteiger partial charge in [-0.2, -0.15) is 0 Å². The molecule has 20 heavy (non-hydrogen) atoms. The largest absolute Gasteiger partial charge is 0.311 e. The second-order valence-corrected chi connectivity index (χ2v) is 6.67. The van der Waals surface area contributed by atoms with Gasteiger partial charge in [-0.1, -0.05) is 28.1 Å². The zero-order valence-corrected chi connectivity index (χ0v) is 13.2. The lowest BCUT2D eigenvalue weighted by Crippen LogP contribution is -2.22. The number of nitrogens with zero attached hydrogens (tertiary/aromatic N) is 1. The number of hydrogen-bond acceptors (Lipinski definition) is 4. The van der Waals surface area contributed by atoms with Crippen LogP contribution < -0.4 is 10.6 Å². The van der Waals surface area contributed by atoms with Gasteiger partial charge in [-0.05, 0) is 17.7 Å². The van der Waals surface area contributed by atoms with Gasteiger partial charge in [-0.25, -0.2) is 4.98 Å². The molecule has 0 unspecified atom stereocenters. The van der Waals surface area contributed by atoms with Crippen LogP contribution in [-0.2, 0) is 24.2 Å². The second-order valence-electron chi connectivity index (χ2n) is 4.67. The van der Waals surface area contributed by atoms with Crippen molar-refractivity contribution in [3.05, 3.63) is 44.9 Å². The minimum absolute atomic E-state index is 0.0219. The Morgan fingerprint density at radius 2 is 2.20 bits per heavy atom. The molecule has 0 fully saturated rings. The lowest BCUT2D eigenvalue weighted by atomic mass is 10.1. The van der Waals surface area contributed by atoms with Gasteiger partial charge in [-0.15, -0.1) is 11.3 Å². The number of amides is 1. The smallest absolute Gasteiger partial charge is 0.230 e. The Morgan fingerprint density at radius 3 is 2.95 bits per heavy atom. The molecule has 0 aliphatic carbocycles. The summed E-state index contributed by atoms with van der Waals surface area (Å²) in [7, 11) is 0. The zero-order valence-electron chi connectivity index (χ0n) is 10.8. The second kappa shape index (κ2) is 6.03. The number of carbonyl (C=O) groups is 1. The summed E-state index contributed by atoms with van der Waals surface area (Å²) in [5.74, 6) is -0.0219. The number of rotatable bonds is 3. The van der Waals surface area contributed by atoms with Gasteiger partial charge in [0.15, 0.2) is 5.13 Å². The Balaban J connectivity index is 1.63. The molecule has 0 saturated carbocycles. The molecule has 4 nitrogen and oxygen atoms in total. The highest BCUT2D eigenvalue weighted by atomic mass is 79.9. The van der Waals surface area contributed by atoms with E-state index in [0.717, 1.165) is 35.2 Å². The number of carbonyl (C=O) groups excluding carboxylic acids is 1. The van der Waals surface area contributed by atoms with Crippen molar-refractivity contribution < 1.29 is 4.79 Å². The molecular weight excluding hydrogens is 338 g/mol. The summed E-state index contributed by atoms with van der Waals surface area (Å²) in [4.78, 5) is 17.7. The molecule has 0 bridgehead atoms. The predicted molar refractivity (Wildman–Crippen MR) is 84.0 cm³/mol. The molecule has 0 atom stereocenters. The third-order valence-electron chi connectivity index (χ3n) is 3.13. The first-order chi connectivity index (χ1) is 9.70. The van der Waals surface area contributed by atoms with Crippen LogP contribution in [0.25, 0.3) is 0 Å². The molecule has 0 saturated heterocycles. The van der Waals surface area contributed by atoms with E-state index in [1.165, 1.54) is 4.88 Å². The predicted octanol–water partition coefficient (Wildman–Crippen LogP) is 2.73. The van der Waals surface area contributed by atoms with E-state index in [-0.39, 0.29) is 5.91 Å². The van der Waals surface area contributed by atoms with Gasteiger partial charge >= 0.3 is 0 Å². The minimum atomic E-state index is -0.0219. The molecule has 0 radical (unpaired) electrons. The van der Waals surface area contributed by atoms with Crippen molar-refractivity contribution >= 4 is 38.3 Å². The van der Waals surface area contributed by atoms with E-state index >= 15 is 0 Å². The summed E-state index contributed by atoms with van der Waals surface area (Å²) in [6.07, 6.45) is 1.31. The average molecular weight is 352 g/mol. The highest BCUT2D eigenvalue weighted by Crippen LogP contribution is 2.25. The molecule has 2 aromatic rings.